The third kappa shape index (κ3) is 4.72. The molecule has 0 saturated carbocycles. The molecule has 5 nitrogen and oxygen atoms in total. The van der Waals surface area contributed by atoms with E-state index in [1.807, 2.05) is 24.3 Å². The molecule has 0 saturated heterocycles. The largest absolute Gasteiger partial charge is 0.508 e. The van der Waals surface area contributed by atoms with Gasteiger partial charge in [0.05, 0.1) is 7.11 Å². The van der Waals surface area contributed by atoms with E-state index in [9.17, 15) is 4.79 Å². The molecule has 2 aromatic carbocycles. The number of nitrogens with one attached hydrogen (secondary N) is 2. The highest BCUT2D eigenvalue weighted by atomic mass is 16.5. The minimum Gasteiger partial charge on any atom is -0.508 e. The molecule has 0 bridgehead atoms. The lowest BCUT2D eigenvalue weighted by Gasteiger charge is -2.08. The Morgan fingerprint density at radius 2 is 1.76 bits per heavy atom. The van der Waals surface area contributed by atoms with E-state index in [0.717, 1.165) is 17.7 Å². The number of amides is 2. The summed E-state index contributed by atoms with van der Waals surface area (Å²) in [5, 5.41) is 14.6. The lowest BCUT2D eigenvalue weighted by molar-refractivity contribution is 0.252. The van der Waals surface area contributed by atoms with E-state index < -0.39 is 0 Å². The summed E-state index contributed by atoms with van der Waals surface area (Å²) in [7, 11) is 1.63. The number of phenolic OH excluding ortho intramolecular Hbond substituents is 1. The number of methoxy groups -OCH3 is 1. The van der Waals surface area contributed by atoms with Crippen LogP contribution in [0.5, 0.6) is 11.5 Å². The highest BCUT2D eigenvalue weighted by Gasteiger charge is 2.01. The molecule has 0 aliphatic heterocycles. The van der Waals surface area contributed by atoms with Crippen LogP contribution in [0.15, 0.2) is 48.5 Å². The average Bonchev–Trinajstić information content (AvgIpc) is 2.50. The Hall–Kier alpha value is -2.69. The smallest absolute Gasteiger partial charge is 0.319 e. The van der Waals surface area contributed by atoms with Crippen LogP contribution in [0.3, 0.4) is 0 Å². The van der Waals surface area contributed by atoms with Gasteiger partial charge in [-0.2, -0.15) is 0 Å². The van der Waals surface area contributed by atoms with Crippen LogP contribution in [0.4, 0.5) is 10.5 Å². The van der Waals surface area contributed by atoms with E-state index in [4.69, 9.17) is 9.84 Å². The van der Waals surface area contributed by atoms with Crippen molar-refractivity contribution >= 4 is 11.7 Å². The fourth-order valence-electron chi connectivity index (χ4n) is 1.83. The third-order valence-corrected chi connectivity index (χ3v) is 2.98. The Balaban J connectivity index is 1.74. The van der Waals surface area contributed by atoms with Crippen molar-refractivity contribution in [3.63, 3.8) is 0 Å². The lowest BCUT2D eigenvalue weighted by atomic mass is 10.1. The summed E-state index contributed by atoms with van der Waals surface area (Å²) in [5.41, 5.74) is 1.76. The van der Waals surface area contributed by atoms with Crippen LogP contribution in [0.1, 0.15) is 5.56 Å². The Bertz CT molecular complexity index is 579. The van der Waals surface area contributed by atoms with Crippen molar-refractivity contribution in [3.05, 3.63) is 54.1 Å². The fraction of sp³-hybridized carbons (Fsp3) is 0.188. The zero-order chi connectivity index (χ0) is 15.1. The first kappa shape index (κ1) is 14.7. The number of phenols is 1. The molecule has 2 amide bonds. The zero-order valence-electron chi connectivity index (χ0n) is 11.8. The van der Waals surface area contributed by atoms with Gasteiger partial charge in [-0.05, 0) is 48.4 Å². The Morgan fingerprint density at radius 1 is 1.10 bits per heavy atom. The molecular formula is C16H18N2O3. The summed E-state index contributed by atoms with van der Waals surface area (Å²) < 4.78 is 5.09. The number of rotatable bonds is 5. The maximum absolute atomic E-state index is 11.7. The van der Waals surface area contributed by atoms with E-state index >= 15 is 0 Å². The van der Waals surface area contributed by atoms with Crippen LogP contribution in [0.2, 0.25) is 0 Å². The summed E-state index contributed by atoms with van der Waals surface area (Å²) in [6.07, 6.45) is 0.743. The molecule has 0 fully saturated rings. The quantitative estimate of drug-likeness (QED) is 0.740. The minimum atomic E-state index is -0.269. The molecule has 0 spiro atoms. The Labute approximate surface area is 123 Å². The summed E-state index contributed by atoms with van der Waals surface area (Å²) in [4.78, 5) is 11.7. The maximum atomic E-state index is 11.7. The first-order chi connectivity index (χ1) is 10.2. The summed E-state index contributed by atoms with van der Waals surface area (Å²) in [6.45, 7) is 0.538. The Kier molecular flexibility index (Phi) is 5.04. The van der Waals surface area contributed by atoms with Crippen molar-refractivity contribution in [2.75, 3.05) is 19.0 Å². The molecule has 0 aliphatic rings. The van der Waals surface area contributed by atoms with Gasteiger partial charge in [0, 0.05) is 12.2 Å². The van der Waals surface area contributed by atoms with Crippen LogP contribution in [-0.4, -0.2) is 24.8 Å². The number of benzene rings is 2. The van der Waals surface area contributed by atoms with Gasteiger partial charge < -0.3 is 20.5 Å². The van der Waals surface area contributed by atoms with Crippen molar-refractivity contribution in [3.8, 4) is 11.5 Å². The molecule has 0 aromatic heterocycles. The van der Waals surface area contributed by atoms with E-state index in [2.05, 4.69) is 10.6 Å². The van der Waals surface area contributed by atoms with Crippen LogP contribution < -0.4 is 15.4 Å². The molecule has 2 rings (SSSR count). The van der Waals surface area contributed by atoms with Crippen LogP contribution in [0.25, 0.3) is 0 Å². The van der Waals surface area contributed by atoms with E-state index in [1.54, 1.807) is 19.2 Å². The highest BCUT2D eigenvalue weighted by Crippen LogP contribution is 2.13. The van der Waals surface area contributed by atoms with Gasteiger partial charge in [0.15, 0.2) is 0 Å². The predicted octanol–water partition coefficient (Wildman–Crippen LogP) is 2.77. The molecule has 0 atom stereocenters. The van der Waals surface area contributed by atoms with Crippen molar-refractivity contribution in [2.24, 2.45) is 0 Å². The zero-order valence-corrected chi connectivity index (χ0v) is 11.8. The molecule has 3 N–H and O–H groups in total. The van der Waals surface area contributed by atoms with Crippen LogP contribution in [0, 0.1) is 0 Å². The summed E-state index contributed by atoms with van der Waals surface area (Å²) >= 11 is 0. The lowest BCUT2D eigenvalue weighted by Crippen LogP contribution is -2.30. The molecule has 0 heterocycles. The normalized spacial score (nSPS) is 9.95. The average molecular weight is 286 g/mol. The van der Waals surface area contributed by atoms with Crippen molar-refractivity contribution in [1.82, 2.24) is 5.32 Å². The number of carbonyl (C=O) groups excluding carboxylic acids is 1. The van der Waals surface area contributed by atoms with E-state index in [1.165, 1.54) is 12.1 Å². The molecule has 21 heavy (non-hydrogen) atoms. The second-order valence-corrected chi connectivity index (χ2v) is 4.53. The van der Waals surface area contributed by atoms with Gasteiger partial charge >= 0.3 is 6.03 Å². The van der Waals surface area contributed by atoms with Gasteiger partial charge in [-0.15, -0.1) is 0 Å². The number of hydrogen-bond donors (Lipinski definition) is 3. The summed E-state index contributed by atoms with van der Waals surface area (Å²) in [6, 6.07) is 13.8. The molecule has 0 unspecified atom stereocenters. The van der Waals surface area contributed by atoms with E-state index in [0.29, 0.717) is 12.2 Å². The second-order valence-electron chi connectivity index (χ2n) is 4.53. The number of aromatic hydroxyl groups is 1. The number of anilines is 1. The maximum Gasteiger partial charge on any atom is 0.319 e. The molecule has 2 aromatic rings. The fourth-order valence-corrected chi connectivity index (χ4v) is 1.83. The first-order valence-corrected chi connectivity index (χ1v) is 6.64. The molecule has 0 radical (unpaired) electrons. The number of hydrogen-bond acceptors (Lipinski definition) is 3. The number of ether oxygens (including phenoxy) is 1. The van der Waals surface area contributed by atoms with Crippen molar-refractivity contribution in [2.45, 2.75) is 6.42 Å². The van der Waals surface area contributed by atoms with Crippen LogP contribution >= 0.6 is 0 Å². The monoisotopic (exact) mass is 286 g/mol. The molecule has 0 aliphatic carbocycles. The van der Waals surface area contributed by atoms with E-state index in [-0.39, 0.29) is 11.8 Å². The van der Waals surface area contributed by atoms with Gasteiger partial charge in [-0.3, -0.25) is 0 Å². The molecule has 110 valence electrons. The SMILES string of the molecule is COc1ccc(CCNC(=O)Nc2ccc(O)cc2)cc1. The predicted molar refractivity (Wildman–Crippen MR) is 81.8 cm³/mol. The van der Waals surface area contributed by atoms with Gasteiger partial charge in [0.2, 0.25) is 0 Å². The Morgan fingerprint density at radius 3 is 2.38 bits per heavy atom. The van der Waals surface area contributed by atoms with Gasteiger partial charge in [-0.25, -0.2) is 4.79 Å². The molecule has 5 heteroatoms. The topological polar surface area (TPSA) is 70.6 Å². The standard InChI is InChI=1S/C16H18N2O3/c1-21-15-8-2-12(3-9-15)10-11-17-16(20)18-13-4-6-14(19)7-5-13/h2-9,19H,10-11H2,1H3,(H2,17,18,20). The number of urea groups is 1. The highest BCUT2D eigenvalue weighted by molar-refractivity contribution is 5.89. The van der Waals surface area contributed by atoms with Gasteiger partial charge in [0.25, 0.3) is 0 Å². The van der Waals surface area contributed by atoms with Crippen molar-refractivity contribution < 1.29 is 14.6 Å². The third-order valence-electron chi connectivity index (χ3n) is 2.98. The van der Waals surface area contributed by atoms with Gasteiger partial charge in [-0.1, -0.05) is 12.1 Å². The second kappa shape index (κ2) is 7.19. The summed E-state index contributed by atoms with van der Waals surface area (Å²) in [5.74, 6) is 0.984. The van der Waals surface area contributed by atoms with Crippen molar-refractivity contribution in [1.29, 1.82) is 0 Å². The minimum absolute atomic E-state index is 0.167. The van der Waals surface area contributed by atoms with Crippen LogP contribution in [-0.2, 0) is 6.42 Å². The number of carbonyl (C=O) groups is 1. The molecular weight excluding hydrogens is 268 g/mol. The first-order valence-electron chi connectivity index (χ1n) is 6.64. The van der Waals surface area contributed by atoms with Gasteiger partial charge in [0.1, 0.15) is 11.5 Å².